The molecule has 3 aromatic rings. The van der Waals surface area contributed by atoms with Gasteiger partial charge < -0.3 is 19.7 Å². The fraction of sp³-hybridized carbons (Fsp3) is 0.250. The number of nitrogens with one attached hydrogen (secondary N) is 1. The Morgan fingerprint density at radius 3 is 2.41 bits per heavy atom. The van der Waals surface area contributed by atoms with Gasteiger partial charge in [-0.15, -0.1) is 0 Å². The summed E-state index contributed by atoms with van der Waals surface area (Å²) in [7, 11) is 1.60. The minimum Gasteiger partial charge on any atom is -0.493 e. The van der Waals surface area contributed by atoms with Gasteiger partial charge >= 0.3 is 0 Å². The molecule has 5 nitrogen and oxygen atoms in total. The maximum atomic E-state index is 12.4. The molecule has 1 amide bonds. The van der Waals surface area contributed by atoms with Gasteiger partial charge in [0.15, 0.2) is 11.5 Å². The van der Waals surface area contributed by atoms with Crippen molar-refractivity contribution in [2.24, 2.45) is 0 Å². The van der Waals surface area contributed by atoms with Gasteiger partial charge in [-0.1, -0.05) is 29.8 Å². The van der Waals surface area contributed by atoms with Crippen LogP contribution in [0.5, 0.6) is 11.5 Å². The minimum absolute atomic E-state index is 0.187. The van der Waals surface area contributed by atoms with Crippen LogP contribution in [0.15, 0.2) is 72.8 Å². The van der Waals surface area contributed by atoms with Gasteiger partial charge in [-0.05, 0) is 85.0 Å². The molecule has 0 aromatic heterocycles. The summed E-state index contributed by atoms with van der Waals surface area (Å²) in [6, 6.07) is 21.1. The van der Waals surface area contributed by atoms with Gasteiger partial charge in [0.25, 0.3) is 0 Å². The lowest BCUT2D eigenvalue weighted by molar-refractivity contribution is -0.111. The first-order valence-corrected chi connectivity index (χ1v) is 11.9. The number of ether oxygens (including phenoxy) is 2. The van der Waals surface area contributed by atoms with Crippen molar-refractivity contribution in [2.45, 2.75) is 25.9 Å². The maximum Gasteiger partial charge on any atom is 0.248 e. The summed E-state index contributed by atoms with van der Waals surface area (Å²) in [4.78, 5) is 14.8. The molecule has 1 fully saturated rings. The monoisotopic (exact) mass is 476 g/mol. The molecule has 1 aliphatic rings. The summed E-state index contributed by atoms with van der Waals surface area (Å²) in [6.45, 7) is 2.60. The lowest BCUT2D eigenvalue weighted by atomic mass is 10.1. The van der Waals surface area contributed by atoms with Gasteiger partial charge in [-0.25, -0.2) is 0 Å². The average Bonchev–Trinajstić information content (AvgIpc) is 2.88. The standard InChI is InChI=1S/C28H29ClN2O3/c1-33-27-19-21(7-15-26(27)34-20-22-5-9-23(29)10-6-22)8-16-28(32)30-24-11-13-25(14-12-24)31-17-3-2-4-18-31/h5-16,19H,2-4,17-18,20H2,1H3,(H,30,32)/b16-8+. The Hall–Kier alpha value is -3.44. The van der Waals surface area contributed by atoms with Crippen LogP contribution in [0.1, 0.15) is 30.4 Å². The third kappa shape index (κ3) is 6.55. The summed E-state index contributed by atoms with van der Waals surface area (Å²) in [6.07, 6.45) is 7.06. The van der Waals surface area contributed by atoms with Crippen LogP contribution in [-0.2, 0) is 11.4 Å². The van der Waals surface area contributed by atoms with E-state index in [1.165, 1.54) is 31.0 Å². The zero-order valence-corrected chi connectivity index (χ0v) is 20.1. The Morgan fingerprint density at radius 1 is 0.971 bits per heavy atom. The zero-order valence-electron chi connectivity index (χ0n) is 19.3. The molecule has 0 unspecified atom stereocenters. The largest absolute Gasteiger partial charge is 0.493 e. The van der Waals surface area contributed by atoms with Crippen molar-refractivity contribution in [3.63, 3.8) is 0 Å². The molecular formula is C28H29ClN2O3. The number of hydrogen-bond donors (Lipinski definition) is 1. The van der Waals surface area contributed by atoms with Crippen molar-refractivity contribution >= 4 is 35.0 Å². The van der Waals surface area contributed by atoms with Crippen molar-refractivity contribution in [3.8, 4) is 11.5 Å². The molecule has 0 saturated carbocycles. The number of methoxy groups -OCH3 is 1. The van der Waals surface area contributed by atoms with E-state index in [0.717, 1.165) is 29.9 Å². The van der Waals surface area contributed by atoms with Crippen LogP contribution in [0.25, 0.3) is 6.08 Å². The number of piperidine rings is 1. The van der Waals surface area contributed by atoms with Gasteiger partial charge in [-0.3, -0.25) is 4.79 Å². The van der Waals surface area contributed by atoms with Crippen molar-refractivity contribution in [1.82, 2.24) is 0 Å². The van der Waals surface area contributed by atoms with E-state index in [1.807, 2.05) is 54.6 Å². The summed E-state index contributed by atoms with van der Waals surface area (Å²) in [5, 5.41) is 3.61. The molecule has 34 heavy (non-hydrogen) atoms. The molecule has 176 valence electrons. The molecule has 1 saturated heterocycles. The van der Waals surface area contributed by atoms with E-state index in [4.69, 9.17) is 21.1 Å². The van der Waals surface area contributed by atoms with E-state index in [-0.39, 0.29) is 5.91 Å². The summed E-state index contributed by atoms with van der Waals surface area (Å²) < 4.78 is 11.4. The normalized spacial score (nSPS) is 13.6. The summed E-state index contributed by atoms with van der Waals surface area (Å²) in [5.74, 6) is 1.05. The number of halogens is 1. The van der Waals surface area contributed by atoms with Crippen LogP contribution >= 0.6 is 11.6 Å². The van der Waals surface area contributed by atoms with Crippen LogP contribution in [0.2, 0.25) is 5.02 Å². The van der Waals surface area contributed by atoms with Crippen molar-refractivity contribution in [2.75, 3.05) is 30.4 Å². The molecule has 6 heteroatoms. The molecule has 1 aliphatic heterocycles. The van der Waals surface area contributed by atoms with Crippen LogP contribution in [0, 0.1) is 0 Å². The molecule has 1 N–H and O–H groups in total. The predicted octanol–water partition coefficient (Wildman–Crippen LogP) is 6.57. The number of amides is 1. The predicted molar refractivity (Wildman–Crippen MR) is 139 cm³/mol. The van der Waals surface area contributed by atoms with E-state index in [1.54, 1.807) is 13.2 Å². The number of anilines is 2. The average molecular weight is 477 g/mol. The van der Waals surface area contributed by atoms with Crippen LogP contribution in [0.4, 0.5) is 11.4 Å². The van der Waals surface area contributed by atoms with Gasteiger partial charge in [-0.2, -0.15) is 0 Å². The van der Waals surface area contributed by atoms with Crippen LogP contribution in [-0.4, -0.2) is 26.1 Å². The highest BCUT2D eigenvalue weighted by Crippen LogP contribution is 2.29. The first-order valence-electron chi connectivity index (χ1n) is 11.5. The van der Waals surface area contributed by atoms with Crippen molar-refractivity contribution < 1.29 is 14.3 Å². The third-order valence-electron chi connectivity index (χ3n) is 5.78. The Balaban J connectivity index is 1.33. The second-order valence-corrected chi connectivity index (χ2v) is 8.68. The van der Waals surface area contributed by atoms with Gasteiger partial charge in [0.2, 0.25) is 5.91 Å². The number of hydrogen-bond acceptors (Lipinski definition) is 4. The van der Waals surface area contributed by atoms with Gasteiger partial charge in [0.1, 0.15) is 6.61 Å². The molecular weight excluding hydrogens is 448 g/mol. The molecule has 1 heterocycles. The highest BCUT2D eigenvalue weighted by molar-refractivity contribution is 6.30. The zero-order chi connectivity index (χ0) is 23.8. The fourth-order valence-corrected chi connectivity index (χ4v) is 4.04. The molecule has 0 atom stereocenters. The van der Waals surface area contributed by atoms with E-state index >= 15 is 0 Å². The Labute approximate surface area is 206 Å². The Kier molecular flexibility index (Phi) is 8.10. The number of benzene rings is 3. The Morgan fingerprint density at radius 2 is 1.71 bits per heavy atom. The minimum atomic E-state index is -0.187. The van der Waals surface area contributed by atoms with Gasteiger partial charge in [0.05, 0.1) is 7.11 Å². The topological polar surface area (TPSA) is 50.8 Å². The summed E-state index contributed by atoms with van der Waals surface area (Å²) >= 11 is 5.93. The quantitative estimate of drug-likeness (QED) is 0.373. The second-order valence-electron chi connectivity index (χ2n) is 8.24. The fourth-order valence-electron chi connectivity index (χ4n) is 3.91. The lowest BCUT2D eigenvalue weighted by Gasteiger charge is -2.28. The molecule has 4 rings (SSSR count). The molecule has 0 spiro atoms. The number of carbonyl (C=O) groups is 1. The first kappa shape index (κ1) is 23.7. The van der Waals surface area contributed by atoms with E-state index in [9.17, 15) is 4.79 Å². The van der Waals surface area contributed by atoms with E-state index in [2.05, 4.69) is 22.3 Å². The lowest BCUT2D eigenvalue weighted by Crippen LogP contribution is -2.29. The van der Waals surface area contributed by atoms with Crippen LogP contribution < -0.4 is 19.7 Å². The van der Waals surface area contributed by atoms with E-state index < -0.39 is 0 Å². The SMILES string of the molecule is COc1cc(/C=C/C(=O)Nc2ccc(N3CCCCC3)cc2)ccc1OCc1ccc(Cl)cc1. The number of rotatable bonds is 8. The summed E-state index contributed by atoms with van der Waals surface area (Å²) in [5.41, 5.74) is 3.83. The van der Waals surface area contributed by atoms with Gasteiger partial charge in [0, 0.05) is 35.6 Å². The van der Waals surface area contributed by atoms with Crippen molar-refractivity contribution in [3.05, 3.63) is 89.0 Å². The smallest absolute Gasteiger partial charge is 0.248 e. The maximum absolute atomic E-state index is 12.4. The molecule has 0 radical (unpaired) electrons. The highest BCUT2D eigenvalue weighted by Gasteiger charge is 2.11. The molecule has 0 aliphatic carbocycles. The molecule has 0 bridgehead atoms. The van der Waals surface area contributed by atoms with E-state index in [0.29, 0.717) is 23.1 Å². The first-order chi connectivity index (χ1) is 16.6. The van der Waals surface area contributed by atoms with Crippen molar-refractivity contribution in [1.29, 1.82) is 0 Å². The third-order valence-corrected chi connectivity index (χ3v) is 6.03. The molecule has 3 aromatic carbocycles. The number of nitrogens with zero attached hydrogens (tertiary/aromatic N) is 1. The highest BCUT2D eigenvalue weighted by atomic mass is 35.5. The number of carbonyl (C=O) groups excluding carboxylic acids is 1. The second kappa shape index (κ2) is 11.6. The Bertz CT molecular complexity index is 1120. The van der Waals surface area contributed by atoms with Crippen LogP contribution in [0.3, 0.4) is 0 Å².